The molecule has 0 radical (unpaired) electrons. The van der Waals surface area contributed by atoms with Crippen LogP contribution in [-0.2, 0) is 5.60 Å². The molecule has 1 aliphatic rings. The van der Waals surface area contributed by atoms with Crippen LogP contribution in [0.4, 0.5) is 23.8 Å². The molecule has 136 valence electrons. The minimum atomic E-state index is -4.82. The summed E-state index contributed by atoms with van der Waals surface area (Å²) in [5.74, 6) is 5.99. The van der Waals surface area contributed by atoms with Gasteiger partial charge in [0.1, 0.15) is 11.9 Å². The number of hydrogen-bond donors (Lipinski definition) is 2. The van der Waals surface area contributed by atoms with Crippen LogP contribution in [0.2, 0.25) is 0 Å². The second kappa shape index (κ2) is 6.80. The van der Waals surface area contributed by atoms with Crippen LogP contribution in [0.5, 0.6) is 0 Å². The number of halogens is 3. The molecule has 0 bridgehead atoms. The van der Waals surface area contributed by atoms with Crippen molar-refractivity contribution < 1.29 is 28.2 Å². The fourth-order valence-corrected chi connectivity index (χ4v) is 2.53. The maximum atomic E-state index is 12.9. The van der Waals surface area contributed by atoms with Crippen molar-refractivity contribution in [1.82, 2.24) is 9.88 Å². The third kappa shape index (κ3) is 3.79. The average Bonchev–Trinajstić information content (AvgIpc) is 2.54. The first-order valence-corrected chi connectivity index (χ1v) is 7.50. The molecule has 2 atom stereocenters. The maximum absolute atomic E-state index is 12.9. The number of pyridine rings is 1. The predicted octanol–water partition coefficient (Wildman–Crippen LogP) is 2.04. The highest BCUT2D eigenvalue weighted by Gasteiger charge is 2.51. The van der Waals surface area contributed by atoms with Gasteiger partial charge in [0, 0.05) is 24.8 Å². The third-order valence-electron chi connectivity index (χ3n) is 4.12. The largest absolute Gasteiger partial charge is 0.465 e. The van der Waals surface area contributed by atoms with Crippen LogP contribution in [0.1, 0.15) is 19.4 Å². The summed E-state index contributed by atoms with van der Waals surface area (Å²) in [6, 6.07) is 2.09. The number of carbonyl (C=O) groups is 1. The van der Waals surface area contributed by atoms with Crippen LogP contribution < -0.4 is 4.90 Å². The molecular formula is C16H18F3N3O3. The first-order chi connectivity index (χ1) is 11.6. The molecule has 2 N–H and O–H groups in total. The molecule has 1 saturated heterocycles. The molecule has 1 unspecified atom stereocenters. The summed E-state index contributed by atoms with van der Waals surface area (Å²) in [4.78, 5) is 18.1. The number of nitrogens with zero attached hydrogens (tertiary/aromatic N) is 3. The zero-order chi connectivity index (χ0) is 18.8. The number of rotatable bonds is 2. The molecule has 1 aromatic rings. The standard InChI is InChI=1S/C16H18F3N3O3/c1-3-4-12-10-21(14(23)24)7-8-22(12)13-6-5-11(9-20-13)15(2,25)16(17,18)19/h5-6,9,12,25H,7-8,10H2,1-2H3,(H,23,24)/t12-,15?/m0/s1. The van der Waals surface area contributed by atoms with E-state index in [1.54, 1.807) is 11.8 Å². The van der Waals surface area contributed by atoms with Crippen LogP contribution in [0.3, 0.4) is 0 Å². The summed E-state index contributed by atoms with van der Waals surface area (Å²) >= 11 is 0. The van der Waals surface area contributed by atoms with E-state index in [2.05, 4.69) is 16.8 Å². The van der Waals surface area contributed by atoms with E-state index in [9.17, 15) is 23.1 Å². The molecule has 0 aromatic carbocycles. The Bertz CT molecular complexity index is 693. The van der Waals surface area contributed by atoms with Crippen LogP contribution in [0.25, 0.3) is 0 Å². The van der Waals surface area contributed by atoms with Crippen LogP contribution in [0.15, 0.2) is 18.3 Å². The molecular weight excluding hydrogens is 339 g/mol. The quantitative estimate of drug-likeness (QED) is 0.792. The number of hydrogen-bond acceptors (Lipinski definition) is 4. The van der Waals surface area contributed by atoms with Gasteiger partial charge in [-0.1, -0.05) is 12.0 Å². The Labute approximate surface area is 142 Å². The van der Waals surface area contributed by atoms with E-state index in [0.29, 0.717) is 19.3 Å². The lowest BCUT2D eigenvalue weighted by Gasteiger charge is -2.38. The third-order valence-corrected chi connectivity index (χ3v) is 4.12. The van der Waals surface area contributed by atoms with Crippen molar-refractivity contribution >= 4 is 11.9 Å². The molecule has 0 aliphatic carbocycles. The predicted molar refractivity (Wildman–Crippen MR) is 84.0 cm³/mol. The van der Waals surface area contributed by atoms with Crippen molar-refractivity contribution in [3.8, 4) is 11.8 Å². The molecule has 0 saturated carbocycles. The summed E-state index contributed by atoms with van der Waals surface area (Å²) in [5.41, 5.74) is -3.37. The number of aromatic nitrogens is 1. The van der Waals surface area contributed by atoms with Crippen molar-refractivity contribution in [3.63, 3.8) is 0 Å². The Morgan fingerprint density at radius 3 is 2.52 bits per heavy atom. The highest BCUT2D eigenvalue weighted by Crippen LogP contribution is 2.38. The Morgan fingerprint density at radius 2 is 2.04 bits per heavy atom. The van der Waals surface area contributed by atoms with E-state index in [-0.39, 0.29) is 18.7 Å². The summed E-state index contributed by atoms with van der Waals surface area (Å²) in [6.07, 6.45) is -4.89. The van der Waals surface area contributed by atoms with Crippen molar-refractivity contribution in [2.45, 2.75) is 31.7 Å². The Hall–Kier alpha value is -2.47. The van der Waals surface area contributed by atoms with Gasteiger partial charge in [-0.25, -0.2) is 9.78 Å². The highest BCUT2D eigenvalue weighted by molar-refractivity contribution is 5.66. The summed E-state index contributed by atoms with van der Waals surface area (Å²) in [5, 5.41) is 18.8. The van der Waals surface area contributed by atoms with Crippen LogP contribution in [0, 0.1) is 11.8 Å². The fraction of sp³-hybridized carbons (Fsp3) is 0.500. The SMILES string of the molecule is CC#C[C@H]1CN(C(=O)O)CCN1c1ccc(C(C)(O)C(F)(F)F)cn1. The summed E-state index contributed by atoms with van der Waals surface area (Å²) in [7, 11) is 0. The van der Waals surface area contributed by atoms with Crippen molar-refractivity contribution in [1.29, 1.82) is 0 Å². The number of carboxylic acid groups (broad SMARTS) is 1. The molecule has 2 heterocycles. The minimum Gasteiger partial charge on any atom is -0.465 e. The van der Waals surface area contributed by atoms with Crippen molar-refractivity contribution in [2.75, 3.05) is 24.5 Å². The lowest BCUT2D eigenvalue weighted by Crippen LogP contribution is -2.54. The topological polar surface area (TPSA) is 76.9 Å². The van der Waals surface area contributed by atoms with E-state index in [4.69, 9.17) is 5.11 Å². The molecule has 1 aromatic heterocycles. The summed E-state index contributed by atoms with van der Waals surface area (Å²) in [6.45, 7) is 2.99. The second-order valence-corrected chi connectivity index (χ2v) is 5.81. The van der Waals surface area contributed by atoms with Gasteiger partial charge in [0.2, 0.25) is 0 Å². The van der Waals surface area contributed by atoms with Gasteiger partial charge >= 0.3 is 12.3 Å². The number of alkyl halides is 3. The van der Waals surface area contributed by atoms with Crippen molar-refractivity contribution in [3.05, 3.63) is 23.9 Å². The molecule has 25 heavy (non-hydrogen) atoms. The fourth-order valence-electron chi connectivity index (χ4n) is 2.53. The normalized spacial score (nSPS) is 20.5. The van der Waals surface area contributed by atoms with Gasteiger partial charge in [-0.3, -0.25) is 0 Å². The zero-order valence-corrected chi connectivity index (χ0v) is 13.7. The van der Waals surface area contributed by atoms with Gasteiger partial charge in [-0.05, 0) is 19.9 Å². The lowest BCUT2D eigenvalue weighted by molar-refractivity contribution is -0.259. The van der Waals surface area contributed by atoms with E-state index in [1.165, 1.54) is 11.0 Å². The number of piperazine rings is 1. The molecule has 6 nitrogen and oxygen atoms in total. The van der Waals surface area contributed by atoms with E-state index >= 15 is 0 Å². The average molecular weight is 357 g/mol. The zero-order valence-electron chi connectivity index (χ0n) is 13.7. The second-order valence-electron chi connectivity index (χ2n) is 5.81. The molecule has 1 fully saturated rings. The monoisotopic (exact) mass is 357 g/mol. The van der Waals surface area contributed by atoms with Crippen LogP contribution >= 0.6 is 0 Å². The molecule has 1 amide bonds. The highest BCUT2D eigenvalue weighted by atomic mass is 19.4. The first-order valence-electron chi connectivity index (χ1n) is 7.50. The number of amides is 1. The lowest BCUT2D eigenvalue weighted by atomic mass is 9.97. The van der Waals surface area contributed by atoms with Crippen LogP contribution in [-0.4, -0.2) is 58.0 Å². The minimum absolute atomic E-state index is 0.153. The van der Waals surface area contributed by atoms with E-state index in [1.807, 2.05) is 0 Å². The van der Waals surface area contributed by atoms with Gasteiger partial charge in [0.15, 0.2) is 5.60 Å². The van der Waals surface area contributed by atoms with Crippen molar-refractivity contribution in [2.24, 2.45) is 0 Å². The molecule has 2 rings (SSSR count). The first kappa shape index (κ1) is 18.9. The molecule has 0 spiro atoms. The Balaban J connectivity index is 2.26. The van der Waals surface area contributed by atoms with Gasteiger partial charge < -0.3 is 20.0 Å². The number of anilines is 1. The Kier molecular flexibility index (Phi) is 5.13. The molecule has 9 heteroatoms. The van der Waals surface area contributed by atoms with Gasteiger partial charge in [0.05, 0.1) is 6.54 Å². The molecule has 1 aliphatic heterocycles. The van der Waals surface area contributed by atoms with Gasteiger partial charge in [0.25, 0.3) is 0 Å². The number of aliphatic hydroxyl groups is 1. The van der Waals surface area contributed by atoms with E-state index < -0.39 is 23.9 Å². The summed E-state index contributed by atoms with van der Waals surface area (Å²) < 4.78 is 38.7. The van der Waals surface area contributed by atoms with E-state index in [0.717, 1.165) is 12.3 Å². The smallest absolute Gasteiger partial charge is 0.421 e. The Morgan fingerprint density at radius 1 is 1.36 bits per heavy atom. The van der Waals surface area contributed by atoms with Gasteiger partial charge in [-0.2, -0.15) is 13.2 Å². The van der Waals surface area contributed by atoms with Gasteiger partial charge in [-0.15, -0.1) is 5.92 Å². The maximum Gasteiger partial charge on any atom is 0.421 e.